The molecule has 0 aliphatic carbocycles. The van der Waals surface area contributed by atoms with Crippen molar-refractivity contribution in [1.82, 2.24) is 0 Å². The summed E-state index contributed by atoms with van der Waals surface area (Å²) in [6.07, 6.45) is 17.6. The molecule has 0 saturated carbocycles. The first kappa shape index (κ1) is 29.7. The Hall–Kier alpha value is 1.51. The van der Waals surface area contributed by atoms with Crippen molar-refractivity contribution in [3.63, 3.8) is 0 Å². The van der Waals surface area contributed by atoms with Gasteiger partial charge in [0, 0.05) is 5.25 Å². The second kappa shape index (κ2) is 19.8. The molecule has 0 radical (unpaired) electrons. The summed E-state index contributed by atoms with van der Waals surface area (Å²) in [5, 5.41) is 9.11. The van der Waals surface area contributed by atoms with Gasteiger partial charge in [0.05, 0.1) is 16.2 Å². The smallest absolute Gasteiger partial charge is 0.748 e. The maximum Gasteiger partial charge on any atom is 1.00 e. The van der Waals surface area contributed by atoms with Crippen LogP contribution in [0.25, 0.3) is 0 Å². The van der Waals surface area contributed by atoms with Crippen LogP contribution in [0.15, 0.2) is 0 Å². The summed E-state index contributed by atoms with van der Waals surface area (Å²) in [6, 6.07) is 0. The van der Waals surface area contributed by atoms with E-state index in [1.54, 1.807) is 0 Å². The summed E-state index contributed by atoms with van der Waals surface area (Å²) in [6.45, 7) is 3.70. The normalized spacial score (nSPS) is 14.0. The molecule has 0 heterocycles. The van der Waals surface area contributed by atoms with Crippen LogP contribution in [0.2, 0.25) is 0 Å². The largest absolute Gasteiger partial charge is 1.00 e. The topological polar surface area (TPSA) is 77.4 Å². The van der Waals surface area contributed by atoms with Gasteiger partial charge in [0.2, 0.25) is 0 Å². The van der Waals surface area contributed by atoms with E-state index in [0.29, 0.717) is 6.42 Å². The summed E-state index contributed by atoms with van der Waals surface area (Å²) in [7, 11) is -4.09. The van der Waals surface area contributed by atoms with E-state index in [0.717, 1.165) is 44.9 Å². The molecule has 0 aromatic rings. The molecule has 0 amide bonds. The number of hydrogen-bond acceptors (Lipinski definition) is 4. The molecule has 0 aliphatic rings. The Labute approximate surface area is 205 Å². The summed E-state index contributed by atoms with van der Waals surface area (Å²) < 4.78 is 32.3. The number of hydrogen-bond donors (Lipinski definition) is 1. The van der Waals surface area contributed by atoms with Crippen molar-refractivity contribution < 1.29 is 69.5 Å². The molecule has 0 aromatic carbocycles. The van der Waals surface area contributed by atoms with Crippen molar-refractivity contribution in [1.29, 1.82) is 0 Å². The number of rotatable bonds is 18. The number of aliphatic hydroxyl groups excluding tert-OH is 1. The Morgan fingerprint density at radius 3 is 1.46 bits per heavy atom. The van der Waals surface area contributed by atoms with E-state index < -0.39 is 15.4 Å². The minimum atomic E-state index is -4.09. The van der Waals surface area contributed by atoms with Crippen LogP contribution in [0.4, 0.5) is 0 Å². The van der Waals surface area contributed by atoms with E-state index >= 15 is 0 Å². The molecule has 0 fully saturated rings. The average Bonchev–Trinajstić information content (AvgIpc) is 2.55. The zero-order valence-corrected chi connectivity index (χ0v) is 21.5. The van der Waals surface area contributed by atoms with Gasteiger partial charge in [-0.1, -0.05) is 90.4 Å². The van der Waals surface area contributed by atoms with Gasteiger partial charge in [-0.05, 0) is 26.2 Å². The molecule has 0 rings (SSSR count). The molecule has 0 aliphatic heterocycles. The maximum absolute atomic E-state index is 10.8. The molecule has 0 bridgehead atoms. The zero-order chi connectivity index (χ0) is 19.0. The summed E-state index contributed by atoms with van der Waals surface area (Å²) >= 11 is 0. The minimum absolute atomic E-state index is 0. The Morgan fingerprint density at radius 2 is 1.08 bits per heavy atom. The molecule has 0 aromatic heterocycles. The van der Waals surface area contributed by atoms with E-state index in [1.165, 1.54) is 58.3 Å². The quantitative estimate of drug-likeness (QED) is 0.212. The fraction of sp³-hybridized carbons (Fsp3) is 1.00. The molecule has 0 saturated heterocycles. The minimum Gasteiger partial charge on any atom is -0.748 e. The third-order valence-electron chi connectivity index (χ3n) is 5.03. The van der Waals surface area contributed by atoms with Crippen molar-refractivity contribution in [2.75, 3.05) is 0 Å². The van der Waals surface area contributed by atoms with Crippen LogP contribution < -0.4 is 51.4 Å². The van der Waals surface area contributed by atoms with Crippen LogP contribution in [-0.4, -0.2) is 29.4 Å². The third kappa shape index (κ3) is 20.2. The molecule has 0 spiro atoms. The van der Waals surface area contributed by atoms with E-state index in [4.69, 9.17) is 0 Å². The molecular weight excluding hydrogens is 375 g/mol. The van der Waals surface area contributed by atoms with E-state index in [9.17, 15) is 18.1 Å². The van der Waals surface area contributed by atoms with E-state index in [2.05, 4.69) is 6.92 Å². The molecule has 1 N–H and O–H groups in total. The molecule has 26 heavy (non-hydrogen) atoms. The van der Waals surface area contributed by atoms with Gasteiger partial charge < -0.3 is 9.66 Å². The van der Waals surface area contributed by atoms with Crippen LogP contribution in [0.1, 0.15) is 117 Å². The average molecular weight is 417 g/mol. The van der Waals surface area contributed by atoms with Crippen molar-refractivity contribution in [2.24, 2.45) is 0 Å². The second-order valence-corrected chi connectivity index (χ2v) is 9.36. The predicted octanol–water partition coefficient (Wildman–Crippen LogP) is 2.55. The molecule has 6 heteroatoms. The SMILES string of the molecule is CCCCCC(O)CCCCCCCCCCCCC(C)S(=O)(=O)[O-].[K+]. The Kier molecular flexibility index (Phi) is 22.6. The van der Waals surface area contributed by atoms with E-state index in [-0.39, 0.29) is 57.5 Å². The van der Waals surface area contributed by atoms with Crippen molar-refractivity contribution in [3.05, 3.63) is 0 Å². The van der Waals surface area contributed by atoms with Gasteiger partial charge in [0.15, 0.2) is 0 Å². The molecule has 4 nitrogen and oxygen atoms in total. The van der Waals surface area contributed by atoms with Gasteiger partial charge in [-0.3, -0.25) is 0 Å². The van der Waals surface area contributed by atoms with Gasteiger partial charge in [-0.15, -0.1) is 0 Å². The molecule has 2 atom stereocenters. The zero-order valence-electron chi connectivity index (χ0n) is 17.5. The van der Waals surface area contributed by atoms with Gasteiger partial charge >= 0.3 is 51.4 Å². The van der Waals surface area contributed by atoms with Crippen molar-refractivity contribution in [2.45, 2.75) is 128 Å². The van der Waals surface area contributed by atoms with Gasteiger partial charge in [0.25, 0.3) is 0 Å². The molecule has 2 unspecified atom stereocenters. The van der Waals surface area contributed by atoms with Crippen molar-refractivity contribution >= 4 is 10.1 Å². The van der Waals surface area contributed by atoms with Gasteiger partial charge in [0.1, 0.15) is 0 Å². The van der Waals surface area contributed by atoms with Crippen LogP contribution in [-0.2, 0) is 10.1 Å². The fourth-order valence-electron chi connectivity index (χ4n) is 3.14. The number of aliphatic hydroxyl groups is 1. The number of unbranched alkanes of at least 4 members (excludes halogenated alkanes) is 11. The van der Waals surface area contributed by atoms with Gasteiger partial charge in [-0.25, -0.2) is 8.42 Å². The van der Waals surface area contributed by atoms with Crippen LogP contribution in [0, 0.1) is 0 Å². The summed E-state index contributed by atoms with van der Waals surface area (Å²) in [5.74, 6) is 0. The first-order valence-electron chi connectivity index (χ1n) is 10.5. The maximum atomic E-state index is 10.8. The van der Waals surface area contributed by atoms with E-state index in [1.807, 2.05) is 0 Å². The summed E-state index contributed by atoms with van der Waals surface area (Å²) in [4.78, 5) is 0. The predicted molar refractivity (Wildman–Crippen MR) is 105 cm³/mol. The first-order chi connectivity index (χ1) is 11.9. The monoisotopic (exact) mass is 416 g/mol. The second-order valence-electron chi connectivity index (χ2n) is 7.57. The van der Waals surface area contributed by atoms with Crippen molar-refractivity contribution in [3.8, 4) is 0 Å². The van der Waals surface area contributed by atoms with Crippen LogP contribution in [0.3, 0.4) is 0 Å². The molecular formula is C20H41KO4S. The van der Waals surface area contributed by atoms with Gasteiger partial charge in [-0.2, -0.15) is 0 Å². The fourth-order valence-corrected chi connectivity index (χ4v) is 3.60. The Balaban J connectivity index is 0. The van der Waals surface area contributed by atoms with Crippen LogP contribution in [0.5, 0.6) is 0 Å². The Morgan fingerprint density at radius 1 is 0.731 bits per heavy atom. The standard InChI is InChI=1S/C20H42O4S.K/c1-3-4-13-17-20(21)18-15-12-10-8-6-5-7-9-11-14-16-19(2)25(22,23)24;/h19-21H,3-18H2,1-2H3,(H,22,23,24);/q;+1/p-1. The summed E-state index contributed by atoms with van der Waals surface area (Å²) in [5.41, 5.74) is 0. The van der Waals surface area contributed by atoms with Crippen LogP contribution >= 0.6 is 0 Å². The Bertz CT molecular complexity index is 387. The molecule has 152 valence electrons. The third-order valence-corrected chi connectivity index (χ3v) is 6.25. The first-order valence-corrected chi connectivity index (χ1v) is 12.0.